The topological polar surface area (TPSA) is 67.7 Å². The third-order valence-electron chi connectivity index (χ3n) is 5.16. The summed E-state index contributed by atoms with van der Waals surface area (Å²) in [7, 11) is 2.31. The third-order valence-corrected chi connectivity index (χ3v) is 7.23. The highest BCUT2D eigenvalue weighted by molar-refractivity contribution is 7.89. The maximum atomic E-state index is 13.2. The summed E-state index contributed by atoms with van der Waals surface area (Å²) in [5.41, 5.74) is 1.16. The lowest BCUT2D eigenvalue weighted by Gasteiger charge is -2.30. The lowest BCUT2D eigenvalue weighted by atomic mass is 9.81. The van der Waals surface area contributed by atoms with E-state index in [0.29, 0.717) is 42.6 Å². The fraction of sp³-hybridized carbons (Fsp3) is 0.800. The SMILES string of the molecule is Cc1nn(C)c(C)c1S(=O)(=O)N1C[C@@H]2COC[C@]2(CN(C)C)C1. The monoisotopic (exact) mass is 342 g/mol. The molecule has 3 rings (SSSR count). The van der Waals surface area contributed by atoms with Crippen LogP contribution in [0.5, 0.6) is 0 Å². The van der Waals surface area contributed by atoms with Crippen molar-refractivity contribution in [3.8, 4) is 0 Å². The number of ether oxygens (including phenoxy) is 1. The molecule has 2 atom stereocenters. The Labute approximate surface area is 138 Å². The van der Waals surface area contributed by atoms with Gasteiger partial charge < -0.3 is 9.64 Å². The second kappa shape index (κ2) is 5.54. The van der Waals surface area contributed by atoms with Gasteiger partial charge in [0, 0.05) is 38.0 Å². The second-order valence-electron chi connectivity index (χ2n) is 7.23. The molecule has 1 aromatic rings. The van der Waals surface area contributed by atoms with E-state index in [4.69, 9.17) is 4.74 Å². The Morgan fingerprint density at radius 2 is 2.09 bits per heavy atom. The Morgan fingerprint density at radius 3 is 2.65 bits per heavy atom. The van der Waals surface area contributed by atoms with E-state index in [-0.39, 0.29) is 11.3 Å². The minimum absolute atomic E-state index is 0.0966. The van der Waals surface area contributed by atoms with Gasteiger partial charge in [-0.25, -0.2) is 8.42 Å². The van der Waals surface area contributed by atoms with Crippen LogP contribution in [0.25, 0.3) is 0 Å². The fourth-order valence-electron chi connectivity index (χ4n) is 4.08. The molecule has 0 spiro atoms. The van der Waals surface area contributed by atoms with E-state index in [9.17, 15) is 8.42 Å². The van der Waals surface area contributed by atoms with Crippen LogP contribution in [-0.4, -0.2) is 74.3 Å². The number of aromatic nitrogens is 2. The molecular weight excluding hydrogens is 316 g/mol. The van der Waals surface area contributed by atoms with E-state index in [1.807, 2.05) is 21.0 Å². The Balaban J connectivity index is 1.94. The Bertz CT molecular complexity index is 713. The van der Waals surface area contributed by atoms with Crippen LogP contribution in [0.15, 0.2) is 4.90 Å². The highest BCUT2D eigenvalue weighted by Gasteiger charge is 2.54. The molecule has 2 saturated heterocycles. The van der Waals surface area contributed by atoms with Gasteiger partial charge in [0.2, 0.25) is 10.0 Å². The lowest BCUT2D eigenvalue weighted by molar-refractivity contribution is 0.124. The summed E-state index contributed by atoms with van der Waals surface area (Å²) in [6, 6.07) is 0. The summed E-state index contributed by atoms with van der Waals surface area (Å²) in [6.07, 6.45) is 0. The average Bonchev–Trinajstić information content (AvgIpc) is 3.00. The van der Waals surface area contributed by atoms with Gasteiger partial charge >= 0.3 is 0 Å². The van der Waals surface area contributed by atoms with Crippen molar-refractivity contribution < 1.29 is 13.2 Å². The van der Waals surface area contributed by atoms with E-state index in [2.05, 4.69) is 10.00 Å². The van der Waals surface area contributed by atoms with Crippen LogP contribution in [0.2, 0.25) is 0 Å². The van der Waals surface area contributed by atoms with Gasteiger partial charge in [-0.2, -0.15) is 9.40 Å². The first-order valence-corrected chi connectivity index (χ1v) is 9.34. The standard InChI is InChI=1S/C15H26N4O3S/c1-11-14(12(2)18(5)16-11)23(20,21)19-6-13-7-22-10-15(13,9-19)8-17(3)4/h13H,6-10H2,1-5H3/t13-,15+/m1/s1. The molecule has 23 heavy (non-hydrogen) atoms. The predicted octanol–water partition coefficient (Wildman–Crippen LogP) is 0.236. The molecule has 130 valence electrons. The molecule has 3 heterocycles. The molecular formula is C15H26N4O3S. The quantitative estimate of drug-likeness (QED) is 0.784. The van der Waals surface area contributed by atoms with Crippen molar-refractivity contribution in [3.05, 3.63) is 11.4 Å². The maximum absolute atomic E-state index is 13.2. The average molecular weight is 342 g/mol. The number of rotatable bonds is 4. The van der Waals surface area contributed by atoms with Crippen molar-refractivity contribution in [2.75, 3.05) is 46.9 Å². The van der Waals surface area contributed by atoms with E-state index in [0.717, 1.165) is 6.54 Å². The van der Waals surface area contributed by atoms with Crippen LogP contribution >= 0.6 is 0 Å². The van der Waals surface area contributed by atoms with Crippen molar-refractivity contribution >= 4 is 10.0 Å². The van der Waals surface area contributed by atoms with Crippen molar-refractivity contribution in [1.29, 1.82) is 0 Å². The zero-order valence-corrected chi connectivity index (χ0v) is 15.4. The number of hydrogen-bond donors (Lipinski definition) is 0. The van der Waals surface area contributed by atoms with Gasteiger partial charge in [0.05, 0.1) is 24.6 Å². The Hall–Kier alpha value is -0.960. The van der Waals surface area contributed by atoms with Crippen LogP contribution < -0.4 is 0 Å². The molecule has 1 aromatic heterocycles. The van der Waals surface area contributed by atoms with Crippen molar-refractivity contribution in [2.45, 2.75) is 18.7 Å². The molecule has 2 aliphatic rings. The zero-order valence-electron chi connectivity index (χ0n) is 14.5. The van der Waals surface area contributed by atoms with Crippen LogP contribution in [0.3, 0.4) is 0 Å². The number of aryl methyl sites for hydroxylation is 2. The molecule has 0 amide bonds. The van der Waals surface area contributed by atoms with Crippen molar-refractivity contribution in [1.82, 2.24) is 19.0 Å². The number of fused-ring (bicyclic) bond motifs is 1. The van der Waals surface area contributed by atoms with Crippen molar-refractivity contribution in [3.63, 3.8) is 0 Å². The first-order chi connectivity index (χ1) is 10.7. The minimum atomic E-state index is -3.52. The third kappa shape index (κ3) is 2.61. The molecule has 0 N–H and O–H groups in total. The smallest absolute Gasteiger partial charge is 0.246 e. The number of sulfonamides is 1. The molecule has 0 unspecified atom stereocenters. The summed E-state index contributed by atoms with van der Waals surface area (Å²) in [5.74, 6) is 0.261. The molecule has 7 nitrogen and oxygen atoms in total. The van der Waals surface area contributed by atoms with E-state index >= 15 is 0 Å². The highest BCUT2D eigenvalue weighted by Crippen LogP contribution is 2.43. The Morgan fingerprint density at radius 1 is 1.39 bits per heavy atom. The van der Waals surface area contributed by atoms with Gasteiger partial charge in [0.1, 0.15) is 4.90 Å². The van der Waals surface area contributed by atoms with Crippen LogP contribution in [0.4, 0.5) is 0 Å². The number of hydrogen-bond acceptors (Lipinski definition) is 5. The van der Waals surface area contributed by atoms with Crippen LogP contribution in [0, 0.1) is 25.2 Å². The van der Waals surface area contributed by atoms with Gasteiger partial charge in [0.25, 0.3) is 0 Å². The molecule has 0 aliphatic carbocycles. The van der Waals surface area contributed by atoms with Crippen LogP contribution in [0.1, 0.15) is 11.4 Å². The normalized spacial score (nSPS) is 28.7. The zero-order chi connectivity index (χ0) is 17.0. The maximum Gasteiger partial charge on any atom is 0.246 e. The highest BCUT2D eigenvalue weighted by atomic mass is 32.2. The molecule has 0 saturated carbocycles. The van der Waals surface area contributed by atoms with Crippen LogP contribution in [-0.2, 0) is 21.8 Å². The van der Waals surface area contributed by atoms with Gasteiger partial charge in [-0.05, 0) is 27.9 Å². The summed E-state index contributed by atoms with van der Waals surface area (Å²) in [6.45, 7) is 6.74. The molecule has 2 aliphatic heterocycles. The molecule has 2 fully saturated rings. The number of nitrogens with zero attached hydrogens (tertiary/aromatic N) is 4. The van der Waals surface area contributed by atoms with E-state index in [1.54, 1.807) is 23.0 Å². The summed E-state index contributed by atoms with van der Waals surface area (Å²) in [5, 5.41) is 4.26. The first-order valence-electron chi connectivity index (χ1n) is 7.90. The predicted molar refractivity (Wildman–Crippen MR) is 86.7 cm³/mol. The molecule has 8 heteroatoms. The van der Waals surface area contributed by atoms with Gasteiger partial charge in [-0.3, -0.25) is 4.68 Å². The lowest BCUT2D eigenvalue weighted by Crippen LogP contribution is -2.41. The summed E-state index contributed by atoms with van der Waals surface area (Å²) < 4.78 is 35.3. The molecule has 0 radical (unpaired) electrons. The van der Waals surface area contributed by atoms with Crippen molar-refractivity contribution in [2.24, 2.45) is 18.4 Å². The van der Waals surface area contributed by atoms with Gasteiger partial charge in [0.15, 0.2) is 0 Å². The Kier molecular flexibility index (Phi) is 4.07. The van der Waals surface area contributed by atoms with E-state index < -0.39 is 10.0 Å². The summed E-state index contributed by atoms with van der Waals surface area (Å²) in [4.78, 5) is 2.49. The first kappa shape index (κ1) is 16.9. The second-order valence-corrected chi connectivity index (χ2v) is 9.11. The van der Waals surface area contributed by atoms with Gasteiger partial charge in [-0.15, -0.1) is 0 Å². The minimum Gasteiger partial charge on any atom is -0.380 e. The summed E-state index contributed by atoms with van der Waals surface area (Å²) >= 11 is 0. The fourth-order valence-corrected chi connectivity index (χ4v) is 6.06. The van der Waals surface area contributed by atoms with E-state index in [1.165, 1.54) is 0 Å². The largest absolute Gasteiger partial charge is 0.380 e. The molecule has 0 aromatic carbocycles. The molecule has 0 bridgehead atoms. The van der Waals surface area contributed by atoms with Gasteiger partial charge in [-0.1, -0.05) is 0 Å².